The van der Waals surface area contributed by atoms with Crippen LogP contribution >= 0.6 is 0 Å². The highest BCUT2D eigenvalue weighted by Gasteiger charge is 2.21. The predicted octanol–water partition coefficient (Wildman–Crippen LogP) is 3.35. The van der Waals surface area contributed by atoms with E-state index in [1.807, 2.05) is 32.0 Å². The monoisotopic (exact) mass is 280 g/mol. The molecule has 1 aromatic heterocycles. The Morgan fingerprint density at radius 2 is 1.81 bits per heavy atom. The molecule has 4 nitrogen and oxygen atoms in total. The second-order valence-corrected chi connectivity index (χ2v) is 5.85. The molecule has 0 radical (unpaired) electrons. The summed E-state index contributed by atoms with van der Waals surface area (Å²) in [6, 6.07) is 12.5. The van der Waals surface area contributed by atoms with Gasteiger partial charge in [-0.2, -0.15) is 10.4 Å². The topological polar surface area (TPSA) is 61.6 Å². The highest BCUT2D eigenvalue weighted by Crippen LogP contribution is 2.24. The van der Waals surface area contributed by atoms with E-state index in [2.05, 4.69) is 47.6 Å². The van der Waals surface area contributed by atoms with Crippen LogP contribution in [0.5, 0.6) is 0 Å². The van der Waals surface area contributed by atoms with Crippen LogP contribution in [0.25, 0.3) is 0 Å². The van der Waals surface area contributed by atoms with Crippen molar-refractivity contribution in [2.24, 2.45) is 0 Å². The van der Waals surface area contributed by atoms with Crippen molar-refractivity contribution in [3.8, 4) is 6.07 Å². The molecule has 4 heteroatoms. The summed E-state index contributed by atoms with van der Waals surface area (Å²) < 4.78 is 0. The van der Waals surface area contributed by atoms with E-state index >= 15 is 0 Å². The van der Waals surface area contributed by atoms with E-state index in [4.69, 9.17) is 0 Å². The normalized spacial score (nSPS) is 11.0. The van der Waals surface area contributed by atoms with Crippen molar-refractivity contribution in [1.29, 1.82) is 5.26 Å². The molecule has 0 saturated carbocycles. The fourth-order valence-corrected chi connectivity index (χ4v) is 2.17. The molecule has 108 valence electrons. The van der Waals surface area contributed by atoms with E-state index in [1.165, 1.54) is 5.56 Å². The SMILES string of the molecule is Cc1nnc(NCC(C)(C)c2ccccc2)c(C#N)c1C. The third-order valence-electron chi connectivity index (χ3n) is 3.82. The molecule has 2 rings (SSSR count). The Labute approximate surface area is 125 Å². The summed E-state index contributed by atoms with van der Waals surface area (Å²) in [5.74, 6) is 0.560. The van der Waals surface area contributed by atoms with E-state index in [0.29, 0.717) is 17.9 Å². The minimum atomic E-state index is -0.0611. The van der Waals surface area contributed by atoms with Crippen LogP contribution < -0.4 is 5.32 Å². The summed E-state index contributed by atoms with van der Waals surface area (Å²) in [5.41, 5.74) is 3.43. The number of nitriles is 1. The fourth-order valence-electron chi connectivity index (χ4n) is 2.17. The van der Waals surface area contributed by atoms with Gasteiger partial charge in [-0.05, 0) is 25.0 Å². The van der Waals surface area contributed by atoms with Crippen LogP contribution in [0.1, 0.15) is 36.2 Å². The maximum absolute atomic E-state index is 9.31. The van der Waals surface area contributed by atoms with Gasteiger partial charge in [-0.3, -0.25) is 0 Å². The molecule has 0 aliphatic carbocycles. The zero-order valence-corrected chi connectivity index (χ0v) is 12.9. The van der Waals surface area contributed by atoms with E-state index in [0.717, 1.165) is 11.3 Å². The predicted molar refractivity (Wildman–Crippen MR) is 84.2 cm³/mol. The lowest BCUT2D eigenvalue weighted by Crippen LogP contribution is -2.28. The first-order valence-corrected chi connectivity index (χ1v) is 6.99. The van der Waals surface area contributed by atoms with Gasteiger partial charge < -0.3 is 5.32 Å². The molecule has 1 aromatic carbocycles. The van der Waals surface area contributed by atoms with E-state index < -0.39 is 0 Å². The van der Waals surface area contributed by atoms with Gasteiger partial charge in [-0.1, -0.05) is 44.2 Å². The number of nitrogens with one attached hydrogen (secondary N) is 1. The summed E-state index contributed by atoms with van der Waals surface area (Å²) in [5, 5.41) is 20.8. The zero-order chi connectivity index (χ0) is 15.5. The van der Waals surface area contributed by atoms with Crippen molar-refractivity contribution in [3.05, 3.63) is 52.7 Å². The number of benzene rings is 1. The Bertz CT molecular complexity index is 669. The third-order valence-corrected chi connectivity index (χ3v) is 3.82. The number of aryl methyl sites for hydroxylation is 1. The molecule has 0 saturated heterocycles. The first-order chi connectivity index (χ1) is 9.95. The van der Waals surface area contributed by atoms with Gasteiger partial charge in [0.05, 0.1) is 5.69 Å². The molecule has 0 spiro atoms. The van der Waals surface area contributed by atoms with Crippen molar-refractivity contribution < 1.29 is 0 Å². The number of rotatable bonds is 4. The number of hydrogen-bond donors (Lipinski definition) is 1. The number of anilines is 1. The molecule has 1 N–H and O–H groups in total. The molecular formula is C17H20N4. The molecule has 1 heterocycles. The summed E-state index contributed by atoms with van der Waals surface area (Å²) in [7, 11) is 0. The van der Waals surface area contributed by atoms with Crippen LogP contribution in [0.2, 0.25) is 0 Å². The Morgan fingerprint density at radius 1 is 1.14 bits per heavy atom. The van der Waals surface area contributed by atoms with Gasteiger partial charge in [0.25, 0.3) is 0 Å². The molecule has 0 bridgehead atoms. The van der Waals surface area contributed by atoms with Crippen molar-refractivity contribution in [3.63, 3.8) is 0 Å². The van der Waals surface area contributed by atoms with Gasteiger partial charge >= 0.3 is 0 Å². The van der Waals surface area contributed by atoms with Crippen molar-refractivity contribution in [1.82, 2.24) is 10.2 Å². The molecule has 0 fully saturated rings. The van der Waals surface area contributed by atoms with Crippen LogP contribution in [0.4, 0.5) is 5.82 Å². The number of aromatic nitrogens is 2. The molecule has 21 heavy (non-hydrogen) atoms. The molecular weight excluding hydrogens is 260 g/mol. The van der Waals surface area contributed by atoms with E-state index in [1.54, 1.807) is 0 Å². The lowest BCUT2D eigenvalue weighted by molar-refractivity contribution is 0.555. The quantitative estimate of drug-likeness (QED) is 0.933. The van der Waals surface area contributed by atoms with Gasteiger partial charge in [0, 0.05) is 12.0 Å². The molecule has 0 atom stereocenters. The number of nitrogens with zero attached hydrogens (tertiary/aromatic N) is 3. The minimum absolute atomic E-state index is 0.0611. The minimum Gasteiger partial charge on any atom is -0.367 e. The second-order valence-electron chi connectivity index (χ2n) is 5.85. The van der Waals surface area contributed by atoms with Gasteiger partial charge in [0.2, 0.25) is 0 Å². The first-order valence-electron chi connectivity index (χ1n) is 6.99. The highest BCUT2D eigenvalue weighted by molar-refractivity contribution is 5.56. The standard InChI is InChI=1S/C17H20N4/c1-12-13(2)20-21-16(15(12)10-18)19-11-17(3,4)14-8-6-5-7-9-14/h5-9H,11H2,1-4H3,(H,19,21). The van der Waals surface area contributed by atoms with Gasteiger partial charge in [0.1, 0.15) is 11.6 Å². The maximum Gasteiger partial charge on any atom is 0.166 e. The summed E-state index contributed by atoms with van der Waals surface area (Å²) in [4.78, 5) is 0. The van der Waals surface area contributed by atoms with Crippen LogP contribution in [-0.2, 0) is 5.41 Å². The Morgan fingerprint density at radius 3 is 2.43 bits per heavy atom. The van der Waals surface area contributed by atoms with Crippen LogP contribution in [0.3, 0.4) is 0 Å². The van der Waals surface area contributed by atoms with Crippen molar-refractivity contribution in [2.75, 3.05) is 11.9 Å². The maximum atomic E-state index is 9.31. The smallest absolute Gasteiger partial charge is 0.166 e. The van der Waals surface area contributed by atoms with Gasteiger partial charge in [-0.15, -0.1) is 5.10 Å². The second kappa shape index (κ2) is 5.92. The van der Waals surface area contributed by atoms with Crippen molar-refractivity contribution in [2.45, 2.75) is 33.1 Å². The van der Waals surface area contributed by atoms with Gasteiger partial charge in [0.15, 0.2) is 5.82 Å². The Kier molecular flexibility index (Phi) is 4.23. The van der Waals surface area contributed by atoms with Crippen LogP contribution in [0.15, 0.2) is 30.3 Å². The summed E-state index contributed by atoms with van der Waals surface area (Å²) in [6.45, 7) is 8.77. The third kappa shape index (κ3) is 3.19. The van der Waals surface area contributed by atoms with Crippen LogP contribution in [0, 0.1) is 25.2 Å². The largest absolute Gasteiger partial charge is 0.367 e. The lowest BCUT2D eigenvalue weighted by Gasteiger charge is -2.26. The average Bonchev–Trinajstić information content (AvgIpc) is 2.49. The first kappa shape index (κ1) is 15.0. The molecule has 0 aliphatic rings. The molecule has 2 aromatic rings. The highest BCUT2D eigenvalue weighted by atomic mass is 15.2. The van der Waals surface area contributed by atoms with E-state index in [-0.39, 0.29) is 5.41 Å². The zero-order valence-electron chi connectivity index (χ0n) is 12.9. The summed E-state index contributed by atoms with van der Waals surface area (Å²) >= 11 is 0. The average molecular weight is 280 g/mol. The fraction of sp³-hybridized carbons (Fsp3) is 0.353. The van der Waals surface area contributed by atoms with E-state index in [9.17, 15) is 5.26 Å². The Balaban J connectivity index is 2.21. The molecule has 0 aliphatic heterocycles. The number of hydrogen-bond acceptors (Lipinski definition) is 4. The molecule has 0 unspecified atom stereocenters. The van der Waals surface area contributed by atoms with Crippen LogP contribution in [-0.4, -0.2) is 16.7 Å². The Hall–Kier alpha value is -2.41. The lowest BCUT2D eigenvalue weighted by atomic mass is 9.84. The molecule has 0 amide bonds. The summed E-state index contributed by atoms with van der Waals surface area (Å²) in [6.07, 6.45) is 0. The van der Waals surface area contributed by atoms with Crippen molar-refractivity contribution >= 4 is 5.82 Å². The van der Waals surface area contributed by atoms with Gasteiger partial charge in [-0.25, -0.2) is 0 Å².